The molecule has 1 heterocycles. The molecule has 0 bridgehead atoms. The molecule has 0 fully saturated rings. The summed E-state index contributed by atoms with van der Waals surface area (Å²) < 4.78 is 59.6. The lowest BCUT2D eigenvalue weighted by atomic mass is 9.82. The van der Waals surface area contributed by atoms with E-state index in [-0.39, 0.29) is 17.7 Å². The van der Waals surface area contributed by atoms with E-state index in [1.807, 2.05) is 35.8 Å². The van der Waals surface area contributed by atoms with Crippen LogP contribution in [0, 0.1) is 0 Å². The fourth-order valence-corrected chi connectivity index (χ4v) is 2.85. The van der Waals surface area contributed by atoms with Crippen molar-refractivity contribution in [2.24, 2.45) is 0 Å². The Morgan fingerprint density at radius 2 is 1.68 bits per heavy atom. The van der Waals surface area contributed by atoms with E-state index < -0.39 is 20.7 Å². The summed E-state index contributed by atoms with van der Waals surface area (Å²) in [6.45, 7) is 6.41. The van der Waals surface area contributed by atoms with Gasteiger partial charge in [0.2, 0.25) is 5.69 Å². The molecule has 7 nitrogen and oxygen atoms in total. The van der Waals surface area contributed by atoms with Gasteiger partial charge in [-0.3, -0.25) is 0 Å². The number of hydrogen-bond donors (Lipinski definition) is 0. The van der Waals surface area contributed by atoms with Gasteiger partial charge in [0.1, 0.15) is 10.1 Å². The van der Waals surface area contributed by atoms with Gasteiger partial charge in [-0.2, -0.15) is 4.58 Å². The highest BCUT2D eigenvalue weighted by atomic mass is 32.2. The minimum Gasteiger partial charge on any atom is -0.748 e. The molecule has 1 aliphatic rings. The minimum atomic E-state index is -4.18. The van der Waals surface area contributed by atoms with Crippen molar-refractivity contribution in [3.8, 4) is 0 Å². The molecule has 2 rings (SSSR count). The quantitative estimate of drug-likeness (QED) is 0.585. The Hall–Kier alpha value is -1.58. The second-order valence-corrected chi connectivity index (χ2v) is 7.28. The summed E-state index contributed by atoms with van der Waals surface area (Å²) in [6, 6.07) is 7.91. The lowest BCUT2D eigenvalue weighted by Gasteiger charge is -2.14. The number of fused-ring (bicyclic) bond motifs is 1. The van der Waals surface area contributed by atoms with E-state index in [0.717, 1.165) is 11.4 Å². The largest absolute Gasteiger partial charge is 0.748 e. The average Bonchev–Trinajstić information content (AvgIpc) is 2.55. The van der Waals surface area contributed by atoms with Crippen molar-refractivity contribution in [2.45, 2.75) is 26.2 Å². The first-order chi connectivity index (χ1) is 9.97. The molecule has 1 aliphatic heterocycles. The van der Waals surface area contributed by atoms with Crippen LogP contribution in [0.2, 0.25) is 0 Å². The maximum Gasteiger partial charge on any atom is 0.425 e. The summed E-state index contributed by atoms with van der Waals surface area (Å²) in [4.78, 5) is 0. The van der Waals surface area contributed by atoms with Crippen molar-refractivity contribution in [1.29, 1.82) is 0 Å². The first-order valence-electron chi connectivity index (χ1n) is 6.38. The highest BCUT2D eigenvalue weighted by molar-refractivity contribution is 7.85. The van der Waals surface area contributed by atoms with E-state index in [1.54, 1.807) is 0 Å². The first-order valence-corrected chi connectivity index (χ1v) is 8.96. The number of para-hydroxylation sites is 1. The Bertz CT molecular complexity index is 800. The molecule has 0 amide bonds. The van der Waals surface area contributed by atoms with Gasteiger partial charge in [0.15, 0.2) is 12.3 Å². The Morgan fingerprint density at radius 3 is 2.18 bits per heavy atom. The van der Waals surface area contributed by atoms with Gasteiger partial charge in [-0.15, -0.1) is 12.6 Å². The van der Waals surface area contributed by atoms with Crippen LogP contribution in [0.3, 0.4) is 0 Å². The fraction of sp³-hybridized carbons (Fsp3) is 0.462. The maximum atomic E-state index is 10.8. The molecule has 1 aromatic rings. The van der Waals surface area contributed by atoms with Crippen molar-refractivity contribution in [2.75, 3.05) is 12.3 Å². The molecule has 0 aliphatic carbocycles. The van der Waals surface area contributed by atoms with E-state index in [2.05, 4.69) is 13.8 Å². The molecule has 0 saturated carbocycles. The summed E-state index contributed by atoms with van der Waals surface area (Å²) in [5.74, 6) is -0.366. The van der Waals surface area contributed by atoms with Gasteiger partial charge >= 0.3 is 10.6 Å². The highest BCUT2D eigenvalue weighted by Gasteiger charge is 2.42. The normalized spacial score (nSPS) is 15.8. The lowest BCUT2D eigenvalue weighted by Crippen LogP contribution is -2.28. The van der Waals surface area contributed by atoms with Crippen molar-refractivity contribution >= 4 is 32.1 Å². The van der Waals surface area contributed by atoms with Crippen LogP contribution < -0.4 is 0 Å². The van der Waals surface area contributed by atoms with Gasteiger partial charge in [0, 0.05) is 18.6 Å². The summed E-state index contributed by atoms with van der Waals surface area (Å²) in [5, 5.41) is 0. The third-order valence-electron chi connectivity index (χ3n) is 3.74. The van der Waals surface area contributed by atoms with Gasteiger partial charge in [-0.05, 0) is 13.8 Å². The molecule has 0 unspecified atom stereocenters. The van der Waals surface area contributed by atoms with E-state index in [4.69, 9.17) is 12.6 Å². The van der Waals surface area contributed by atoms with Crippen LogP contribution in [0.5, 0.6) is 0 Å². The molecule has 1 aromatic carbocycles. The zero-order valence-corrected chi connectivity index (χ0v) is 14.1. The minimum absolute atomic E-state index is 0.122. The average molecular weight is 347 g/mol. The van der Waals surface area contributed by atoms with Crippen molar-refractivity contribution < 1.29 is 30.2 Å². The zero-order valence-electron chi connectivity index (χ0n) is 12.4. The number of nitrogens with zero attached hydrogens (tertiary/aromatic N) is 1. The van der Waals surface area contributed by atoms with Gasteiger partial charge in [-0.1, -0.05) is 18.2 Å². The first kappa shape index (κ1) is 18.5. The molecule has 0 atom stereocenters. The van der Waals surface area contributed by atoms with Crippen LogP contribution in [-0.2, 0) is 26.1 Å². The zero-order chi connectivity index (χ0) is 17.1. The Morgan fingerprint density at radius 1 is 1.18 bits per heavy atom. The number of benzene rings is 1. The second kappa shape index (κ2) is 6.67. The molecule has 0 radical (unpaired) electrons. The molecular weight excluding hydrogens is 330 g/mol. The Balaban J connectivity index is 0.000000541. The van der Waals surface area contributed by atoms with E-state index in [1.165, 1.54) is 5.56 Å². The smallest absolute Gasteiger partial charge is 0.425 e. The molecule has 22 heavy (non-hydrogen) atoms. The van der Waals surface area contributed by atoms with Crippen molar-refractivity contribution in [3.63, 3.8) is 0 Å². The van der Waals surface area contributed by atoms with E-state index in [9.17, 15) is 13.0 Å². The van der Waals surface area contributed by atoms with Gasteiger partial charge < -0.3 is 4.55 Å². The predicted octanol–water partition coefficient (Wildman–Crippen LogP) is 0.624. The summed E-state index contributed by atoms with van der Waals surface area (Å²) in [6.07, 6.45) is 0. The van der Waals surface area contributed by atoms with E-state index in [0.29, 0.717) is 0 Å². The molecule has 122 valence electrons. The Labute approximate surface area is 131 Å². The van der Waals surface area contributed by atoms with E-state index >= 15 is 0 Å². The van der Waals surface area contributed by atoms with Crippen LogP contribution in [0.15, 0.2) is 24.3 Å². The number of rotatable bonds is 3. The maximum absolute atomic E-state index is 10.8. The van der Waals surface area contributed by atoms with Crippen LogP contribution >= 0.6 is 0 Å². The Kier molecular flexibility index (Phi) is 5.60. The molecule has 9 heteroatoms. The van der Waals surface area contributed by atoms with Gasteiger partial charge in [-0.25, -0.2) is 8.42 Å². The summed E-state index contributed by atoms with van der Waals surface area (Å²) >= 11 is 0. The SMILES string of the molecule is CC1=[N+](CCS(=O)(=O)[O-])c2ccccc2C1(C)C.O=S(=O)=O. The fourth-order valence-electron chi connectivity index (χ4n) is 2.44. The molecule has 0 N–H and O–H groups in total. The lowest BCUT2D eigenvalue weighted by molar-refractivity contribution is -0.433. The van der Waals surface area contributed by atoms with Gasteiger partial charge in [0.25, 0.3) is 0 Å². The molecule has 0 aromatic heterocycles. The highest BCUT2D eigenvalue weighted by Crippen LogP contribution is 2.38. The third-order valence-corrected chi connectivity index (χ3v) is 4.43. The monoisotopic (exact) mass is 347 g/mol. The van der Waals surface area contributed by atoms with Crippen molar-refractivity contribution in [3.05, 3.63) is 29.8 Å². The van der Waals surface area contributed by atoms with Crippen LogP contribution in [-0.4, -0.2) is 48.2 Å². The summed E-state index contributed by atoms with van der Waals surface area (Å²) in [7, 11) is -7.29. The molecular formula is C13H17NO6S2. The summed E-state index contributed by atoms with van der Waals surface area (Å²) in [5.41, 5.74) is 3.13. The molecule has 0 spiro atoms. The van der Waals surface area contributed by atoms with Crippen LogP contribution in [0.4, 0.5) is 5.69 Å². The third kappa shape index (κ3) is 4.46. The number of hydrogen-bond acceptors (Lipinski definition) is 6. The second-order valence-electron chi connectivity index (χ2n) is 5.35. The molecule has 0 saturated heterocycles. The van der Waals surface area contributed by atoms with Gasteiger partial charge in [0.05, 0.1) is 11.2 Å². The van der Waals surface area contributed by atoms with Crippen molar-refractivity contribution in [1.82, 2.24) is 0 Å². The van der Waals surface area contributed by atoms with Crippen LogP contribution in [0.1, 0.15) is 26.3 Å². The standard InChI is InChI=1S/C13H17NO3S.O3S/c1-10-13(2,3)11-6-4-5-7-12(11)14(10)8-9-18(15,16)17;1-4(2)3/h4-7H,8-9H2,1-3H3;. The predicted molar refractivity (Wildman–Crippen MR) is 79.2 cm³/mol. The van der Waals surface area contributed by atoms with Crippen LogP contribution in [0.25, 0.3) is 0 Å². The topological polar surface area (TPSA) is 111 Å².